The number of amides is 5. The molecule has 0 saturated carbocycles. The van der Waals surface area contributed by atoms with Crippen molar-refractivity contribution in [1.29, 1.82) is 0 Å². The number of phenols is 1. The van der Waals surface area contributed by atoms with Crippen LogP contribution in [0.15, 0.2) is 72.8 Å². The number of piperidine rings is 1. The number of fused-ring (bicyclic) bond motifs is 1. The number of para-hydroxylation sites is 1. The van der Waals surface area contributed by atoms with Gasteiger partial charge in [-0.2, -0.15) is 0 Å². The summed E-state index contributed by atoms with van der Waals surface area (Å²) >= 11 is 0. The Hall–Kier alpha value is -6.35. The minimum absolute atomic E-state index is 0.0654. The third kappa shape index (κ3) is 7.37. The highest BCUT2D eigenvalue weighted by Gasteiger charge is 2.46. The number of carbonyl (C=O) groups is 5. The lowest BCUT2D eigenvalue weighted by Crippen LogP contribution is -2.54. The van der Waals surface area contributed by atoms with Gasteiger partial charge in [0.25, 0.3) is 17.7 Å². The number of nitrogens with zero attached hydrogens (tertiary/aromatic N) is 5. The highest BCUT2D eigenvalue weighted by Crippen LogP contribution is 2.35. The summed E-state index contributed by atoms with van der Waals surface area (Å²) in [5.74, 6) is -1.68. The van der Waals surface area contributed by atoms with Crippen molar-refractivity contribution in [3.8, 4) is 22.8 Å². The molecule has 0 bridgehead atoms. The number of imide groups is 2. The van der Waals surface area contributed by atoms with E-state index in [1.807, 2.05) is 18.2 Å². The molecule has 3 aromatic carbocycles. The van der Waals surface area contributed by atoms with Crippen LogP contribution in [0.4, 0.5) is 11.5 Å². The first-order chi connectivity index (χ1) is 25.7. The molecular formula is C38H38N8O7. The van der Waals surface area contributed by atoms with Crippen LogP contribution < -0.4 is 26.0 Å². The van der Waals surface area contributed by atoms with Crippen LogP contribution in [0.1, 0.15) is 49.5 Å². The van der Waals surface area contributed by atoms with Gasteiger partial charge in [0.1, 0.15) is 17.5 Å². The molecule has 0 aliphatic carbocycles. The van der Waals surface area contributed by atoms with Gasteiger partial charge < -0.3 is 25.8 Å². The van der Waals surface area contributed by atoms with E-state index in [1.54, 1.807) is 54.6 Å². The molecule has 272 valence electrons. The number of nitrogens with one attached hydrogen (secondary N) is 2. The third-order valence-corrected chi connectivity index (χ3v) is 9.70. The molecule has 4 aromatic rings. The van der Waals surface area contributed by atoms with Gasteiger partial charge in [-0.3, -0.25) is 39.1 Å². The lowest BCUT2D eigenvalue weighted by atomic mass is 10.0. The number of carbonyl (C=O) groups excluding carboxylic acids is 5. The molecular weight excluding hydrogens is 680 g/mol. The maximum atomic E-state index is 13.5. The minimum Gasteiger partial charge on any atom is -0.507 e. The number of anilines is 2. The fourth-order valence-electron chi connectivity index (χ4n) is 6.83. The Bertz CT molecular complexity index is 2080. The Kier molecular flexibility index (Phi) is 9.99. The molecule has 3 aliphatic heterocycles. The van der Waals surface area contributed by atoms with E-state index >= 15 is 0 Å². The molecule has 1 unspecified atom stereocenters. The Balaban J connectivity index is 0.860. The van der Waals surface area contributed by atoms with Crippen molar-refractivity contribution in [2.45, 2.75) is 25.3 Å². The number of nitrogens with two attached hydrogens (primary N) is 1. The second kappa shape index (κ2) is 15.1. The Labute approximate surface area is 304 Å². The molecule has 0 radical (unpaired) electrons. The Morgan fingerprint density at radius 2 is 1.68 bits per heavy atom. The number of piperazine rings is 1. The molecule has 5 N–H and O–H groups in total. The van der Waals surface area contributed by atoms with Gasteiger partial charge in [0.15, 0.2) is 11.6 Å². The van der Waals surface area contributed by atoms with Crippen molar-refractivity contribution in [3.63, 3.8) is 0 Å². The number of phenolic OH excluding ortho intramolecular Hbond substituents is 1. The van der Waals surface area contributed by atoms with E-state index in [2.05, 4.69) is 30.6 Å². The summed E-state index contributed by atoms with van der Waals surface area (Å²) in [5, 5.41) is 23.4. The number of rotatable bonds is 11. The van der Waals surface area contributed by atoms with Crippen LogP contribution in [0.25, 0.3) is 11.3 Å². The summed E-state index contributed by atoms with van der Waals surface area (Å²) < 4.78 is 5.88. The monoisotopic (exact) mass is 718 g/mol. The minimum atomic E-state index is -1.01. The van der Waals surface area contributed by atoms with E-state index in [0.29, 0.717) is 80.6 Å². The van der Waals surface area contributed by atoms with Gasteiger partial charge in [-0.05, 0) is 48.4 Å². The number of hydrogen-bond acceptors (Lipinski definition) is 12. The van der Waals surface area contributed by atoms with Crippen molar-refractivity contribution in [1.82, 2.24) is 30.6 Å². The first-order valence-electron chi connectivity index (χ1n) is 17.4. The van der Waals surface area contributed by atoms with E-state index in [9.17, 15) is 29.1 Å². The second-order valence-corrected chi connectivity index (χ2v) is 13.0. The molecule has 0 spiro atoms. The second-order valence-electron chi connectivity index (χ2n) is 13.0. The van der Waals surface area contributed by atoms with Crippen molar-refractivity contribution >= 4 is 41.0 Å². The van der Waals surface area contributed by atoms with Crippen molar-refractivity contribution < 1.29 is 33.8 Å². The average molecular weight is 719 g/mol. The van der Waals surface area contributed by atoms with Gasteiger partial charge in [0.2, 0.25) is 11.8 Å². The largest absolute Gasteiger partial charge is 0.507 e. The number of nitrogen functional groups attached to an aromatic ring is 1. The SMILES string of the molecule is Nc1nnc(-c2ccccc2O)cc1OCCc1ccc(C(=O)NCCN2CCN(c3cccc4c3C(=O)N(C3CCC(=O)NC3=O)C4=O)CC2)cc1. The summed E-state index contributed by atoms with van der Waals surface area (Å²) in [6, 6.07) is 19.9. The summed E-state index contributed by atoms with van der Waals surface area (Å²) in [7, 11) is 0. The summed E-state index contributed by atoms with van der Waals surface area (Å²) in [6.45, 7) is 4.00. The maximum absolute atomic E-state index is 13.5. The molecule has 4 heterocycles. The summed E-state index contributed by atoms with van der Waals surface area (Å²) in [5.41, 5.74) is 9.64. The number of ether oxygens (including phenoxy) is 1. The topological polar surface area (TPSA) is 200 Å². The molecule has 2 fully saturated rings. The number of aromatic hydroxyl groups is 1. The van der Waals surface area contributed by atoms with Gasteiger partial charge >= 0.3 is 0 Å². The quantitative estimate of drug-likeness (QED) is 0.165. The predicted molar refractivity (Wildman–Crippen MR) is 193 cm³/mol. The Morgan fingerprint density at radius 3 is 2.43 bits per heavy atom. The maximum Gasteiger partial charge on any atom is 0.264 e. The standard InChI is InChI=1S/C38H38N8O7/c39-34-31(22-27(42-43-34)25-4-1-2-7-30(25)47)53-21-14-23-8-10-24(11-9-23)35(49)40-15-16-44-17-19-45(20-18-44)28-6-3-5-26-33(28)38(52)46(37(26)51)29-12-13-32(48)41-36(29)50/h1-11,22,29,47H,12-21H2,(H2,39,43)(H,40,49)(H,41,48,50). The van der Waals surface area contributed by atoms with E-state index < -0.39 is 29.7 Å². The van der Waals surface area contributed by atoms with Crippen LogP contribution in [-0.4, -0.2) is 107 Å². The zero-order chi connectivity index (χ0) is 37.1. The van der Waals surface area contributed by atoms with Crippen LogP contribution >= 0.6 is 0 Å². The first kappa shape index (κ1) is 35.1. The highest BCUT2D eigenvalue weighted by atomic mass is 16.5. The molecule has 1 aromatic heterocycles. The van der Waals surface area contributed by atoms with E-state index in [1.165, 1.54) is 0 Å². The molecule has 3 aliphatic rings. The molecule has 15 heteroatoms. The summed E-state index contributed by atoms with van der Waals surface area (Å²) in [6.07, 6.45) is 0.737. The molecule has 15 nitrogen and oxygen atoms in total. The van der Waals surface area contributed by atoms with Crippen molar-refractivity contribution in [2.75, 3.05) is 56.5 Å². The van der Waals surface area contributed by atoms with Crippen molar-refractivity contribution in [3.05, 3.63) is 95.1 Å². The summed E-state index contributed by atoms with van der Waals surface area (Å²) in [4.78, 5) is 69.0. The fraction of sp³-hybridized carbons (Fsp3) is 0.289. The van der Waals surface area contributed by atoms with Gasteiger partial charge in [-0.1, -0.05) is 30.3 Å². The van der Waals surface area contributed by atoms with E-state index in [0.717, 1.165) is 10.5 Å². The number of benzene rings is 3. The first-order valence-corrected chi connectivity index (χ1v) is 17.4. The van der Waals surface area contributed by atoms with Crippen LogP contribution in [0.2, 0.25) is 0 Å². The zero-order valence-corrected chi connectivity index (χ0v) is 28.8. The smallest absolute Gasteiger partial charge is 0.264 e. The van der Waals surface area contributed by atoms with Crippen LogP contribution in [0, 0.1) is 0 Å². The molecule has 53 heavy (non-hydrogen) atoms. The fourth-order valence-corrected chi connectivity index (χ4v) is 6.83. The lowest BCUT2D eigenvalue weighted by Gasteiger charge is -2.36. The number of aromatic nitrogens is 2. The van der Waals surface area contributed by atoms with Crippen LogP contribution in [-0.2, 0) is 16.0 Å². The van der Waals surface area contributed by atoms with Gasteiger partial charge in [-0.25, -0.2) is 0 Å². The molecule has 5 amide bonds. The number of hydrogen-bond donors (Lipinski definition) is 4. The van der Waals surface area contributed by atoms with Crippen molar-refractivity contribution in [2.24, 2.45) is 0 Å². The van der Waals surface area contributed by atoms with Gasteiger partial charge in [0, 0.05) is 69.3 Å². The third-order valence-electron chi connectivity index (χ3n) is 9.70. The molecule has 7 rings (SSSR count). The zero-order valence-electron chi connectivity index (χ0n) is 28.8. The predicted octanol–water partition coefficient (Wildman–Crippen LogP) is 2.01. The normalized spacial score (nSPS) is 17.5. The van der Waals surface area contributed by atoms with Crippen LogP contribution in [0.3, 0.4) is 0 Å². The lowest BCUT2D eigenvalue weighted by molar-refractivity contribution is -0.136. The highest BCUT2D eigenvalue weighted by molar-refractivity contribution is 6.25. The van der Waals surface area contributed by atoms with Crippen LogP contribution in [0.5, 0.6) is 11.5 Å². The van der Waals surface area contributed by atoms with E-state index in [-0.39, 0.29) is 41.4 Å². The van der Waals surface area contributed by atoms with Gasteiger partial charge in [-0.15, -0.1) is 10.2 Å². The van der Waals surface area contributed by atoms with E-state index in [4.69, 9.17) is 10.5 Å². The Morgan fingerprint density at radius 1 is 0.925 bits per heavy atom. The molecule has 2 saturated heterocycles. The average Bonchev–Trinajstić information content (AvgIpc) is 3.42. The molecule has 1 atom stereocenters. The van der Waals surface area contributed by atoms with Gasteiger partial charge in [0.05, 0.1) is 23.4 Å².